The molecule has 2 aromatic rings. The van der Waals surface area contributed by atoms with Crippen LogP contribution in [0.2, 0.25) is 5.02 Å². The molecule has 0 saturated heterocycles. The van der Waals surface area contributed by atoms with Crippen LogP contribution in [-0.4, -0.2) is 16.2 Å². The lowest BCUT2D eigenvalue weighted by atomic mass is 10.3. The number of hydrogen-bond acceptors (Lipinski definition) is 5. The zero-order chi connectivity index (χ0) is 12.3. The number of aromatic nitrogens is 2. The fraction of sp³-hybridized carbons (Fsp3) is 0.0909. The first-order chi connectivity index (χ1) is 8.19. The van der Waals surface area contributed by atoms with Gasteiger partial charge in [0.2, 0.25) is 5.88 Å². The Bertz CT molecular complexity index is 536. The van der Waals surface area contributed by atoms with E-state index in [0.29, 0.717) is 22.3 Å². The van der Waals surface area contributed by atoms with E-state index in [1.165, 1.54) is 18.1 Å². The number of anilines is 1. The van der Waals surface area contributed by atoms with Crippen LogP contribution in [0.1, 0.15) is 0 Å². The highest BCUT2D eigenvalue weighted by Crippen LogP contribution is 2.30. The zero-order valence-corrected chi connectivity index (χ0v) is 10.6. The largest absolute Gasteiger partial charge is 0.437 e. The number of halogens is 1. The average Bonchev–Trinajstić information content (AvgIpc) is 2.33. The number of nitrogens with zero attached hydrogens (tertiary/aromatic N) is 2. The van der Waals surface area contributed by atoms with Crippen LogP contribution in [0.5, 0.6) is 11.6 Å². The Morgan fingerprint density at radius 1 is 1.29 bits per heavy atom. The Hall–Kier alpha value is -1.46. The van der Waals surface area contributed by atoms with E-state index < -0.39 is 0 Å². The third kappa shape index (κ3) is 3.01. The normalized spacial score (nSPS) is 10.2. The molecule has 0 amide bonds. The molecule has 0 saturated carbocycles. The number of ether oxygens (including phenoxy) is 1. The third-order valence-corrected chi connectivity index (χ3v) is 2.93. The molecule has 0 aliphatic rings. The standard InChI is InChI=1S/C11H10ClN3OS/c1-17-11-5-10(14-6-15-11)16-9-3-2-7(13)4-8(9)12/h2-6H,13H2,1H3. The molecule has 0 spiro atoms. The summed E-state index contributed by atoms with van der Waals surface area (Å²) in [6.45, 7) is 0. The van der Waals surface area contributed by atoms with Gasteiger partial charge in [-0.15, -0.1) is 11.8 Å². The first kappa shape index (κ1) is 12.0. The van der Waals surface area contributed by atoms with Gasteiger partial charge >= 0.3 is 0 Å². The molecule has 17 heavy (non-hydrogen) atoms. The third-order valence-electron chi connectivity index (χ3n) is 2.00. The van der Waals surface area contributed by atoms with Crippen LogP contribution in [0.4, 0.5) is 5.69 Å². The van der Waals surface area contributed by atoms with Crippen molar-refractivity contribution in [3.05, 3.63) is 35.6 Å². The molecule has 0 radical (unpaired) electrons. The maximum atomic E-state index is 6.00. The van der Waals surface area contributed by atoms with Gasteiger partial charge in [-0.25, -0.2) is 9.97 Å². The lowest BCUT2D eigenvalue weighted by molar-refractivity contribution is 0.459. The van der Waals surface area contributed by atoms with Crippen LogP contribution in [0.3, 0.4) is 0 Å². The summed E-state index contributed by atoms with van der Waals surface area (Å²) in [6, 6.07) is 6.81. The van der Waals surface area contributed by atoms with E-state index in [1.54, 1.807) is 24.3 Å². The van der Waals surface area contributed by atoms with Crippen molar-refractivity contribution in [2.45, 2.75) is 5.03 Å². The number of thioether (sulfide) groups is 1. The first-order valence-corrected chi connectivity index (χ1v) is 6.38. The molecule has 6 heteroatoms. The van der Waals surface area contributed by atoms with Gasteiger partial charge in [-0.3, -0.25) is 0 Å². The molecule has 4 nitrogen and oxygen atoms in total. The maximum Gasteiger partial charge on any atom is 0.223 e. The van der Waals surface area contributed by atoms with Crippen molar-refractivity contribution in [2.75, 3.05) is 12.0 Å². The van der Waals surface area contributed by atoms with Crippen molar-refractivity contribution in [2.24, 2.45) is 0 Å². The molecule has 0 fully saturated rings. The van der Waals surface area contributed by atoms with Crippen molar-refractivity contribution < 1.29 is 4.74 Å². The Morgan fingerprint density at radius 2 is 2.12 bits per heavy atom. The molecule has 88 valence electrons. The molecular formula is C11H10ClN3OS. The highest BCUT2D eigenvalue weighted by atomic mass is 35.5. The molecule has 1 aromatic heterocycles. The highest BCUT2D eigenvalue weighted by molar-refractivity contribution is 7.98. The summed E-state index contributed by atoms with van der Waals surface area (Å²) in [6.07, 6.45) is 3.38. The summed E-state index contributed by atoms with van der Waals surface area (Å²) in [5, 5.41) is 1.29. The van der Waals surface area contributed by atoms with E-state index >= 15 is 0 Å². The van der Waals surface area contributed by atoms with Gasteiger partial charge in [-0.05, 0) is 24.5 Å². The van der Waals surface area contributed by atoms with Crippen molar-refractivity contribution in [3.8, 4) is 11.6 Å². The van der Waals surface area contributed by atoms with E-state index in [4.69, 9.17) is 22.1 Å². The second kappa shape index (κ2) is 5.25. The summed E-state index contributed by atoms with van der Waals surface area (Å²) in [7, 11) is 0. The van der Waals surface area contributed by atoms with Gasteiger partial charge in [0.15, 0.2) is 0 Å². The molecule has 0 bridgehead atoms. The van der Waals surface area contributed by atoms with Crippen LogP contribution in [0.15, 0.2) is 35.6 Å². The van der Waals surface area contributed by atoms with Gasteiger partial charge in [0.25, 0.3) is 0 Å². The molecule has 1 heterocycles. The molecule has 0 atom stereocenters. The van der Waals surface area contributed by atoms with Gasteiger partial charge in [-0.2, -0.15) is 0 Å². The lowest BCUT2D eigenvalue weighted by Gasteiger charge is -2.07. The second-order valence-electron chi connectivity index (χ2n) is 3.19. The summed E-state index contributed by atoms with van der Waals surface area (Å²) in [4.78, 5) is 8.06. The van der Waals surface area contributed by atoms with E-state index in [-0.39, 0.29) is 0 Å². The number of rotatable bonds is 3. The van der Waals surface area contributed by atoms with Crippen LogP contribution in [0.25, 0.3) is 0 Å². The van der Waals surface area contributed by atoms with Gasteiger partial charge < -0.3 is 10.5 Å². The highest BCUT2D eigenvalue weighted by Gasteiger charge is 2.05. The van der Waals surface area contributed by atoms with Crippen molar-refractivity contribution in [1.29, 1.82) is 0 Å². The van der Waals surface area contributed by atoms with E-state index in [9.17, 15) is 0 Å². The molecule has 2 rings (SSSR count). The van der Waals surface area contributed by atoms with Crippen molar-refractivity contribution >= 4 is 29.1 Å². The molecule has 1 aromatic carbocycles. The number of nitrogens with two attached hydrogens (primary N) is 1. The minimum Gasteiger partial charge on any atom is -0.437 e. The number of benzene rings is 1. The molecule has 2 N–H and O–H groups in total. The summed E-state index contributed by atoms with van der Waals surface area (Å²) < 4.78 is 5.55. The van der Waals surface area contributed by atoms with E-state index in [0.717, 1.165) is 5.03 Å². The quantitative estimate of drug-likeness (QED) is 0.526. The topological polar surface area (TPSA) is 61.0 Å². The molecule has 0 unspecified atom stereocenters. The Balaban J connectivity index is 2.25. The summed E-state index contributed by atoms with van der Waals surface area (Å²) >= 11 is 7.52. The van der Waals surface area contributed by atoms with Crippen LogP contribution in [-0.2, 0) is 0 Å². The summed E-state index contributed by atoms with van der Waals surface area (Å²) in [5.74, 6) is 0.975. The Morgan fingerprint density at radius 3 is 2.82 bits per heavy atom. The van der Waals surface area contributed by atoms with Gasteiger partial charge in [0.1, 0.15) is 17.1 Å². The van der Waals surface area contributed by atoms with E-state index in [2.05, 4.69) is 9.97 Å². The van der Waals surface area contributed by atoms with Gasteiger partial charge in [-0.1, -0.05) is 11.6 Å². The maximum absolute atomic E-state index is 6.00. The Kier molecular flexibility index (Phi) is 3.71. The van der Waals surface area contributed by atoms with Crippen LogP contribution in [0, 0.1) is 0 Å². The smallest absolute Gasteiger partial charge is 0.223 e. The predicted molar refractivity (Wildman–Crippen MR) is 69.8 cm³/mol. The minimum absolute atomic E-state index is 0.453. The van der Waals surface area contributed by atoms with Gasteiger partial charge in [0.05, 0.1) is 5.02 Å². The lowest BCUT2D eigenvalue weighted by Crippen LogP contribution is -1.92. The zero-order valence-electron chi connectivity index (χ0n) is 9.05. The SMILES string of the molecule is CSc1cc(Oc2ccc(N)cc2Cl)ncn1. The average molecular weight is 268 g/mol. The number of nitrogen functional groups attached to an aromatic ring is 1. The predicted octanol–water partition coefficient (Wildman–Crippen LogP) is 3.23. The van der Waals surface area contributed by atoms with Crippen LogP contribution < -0.4 is 10.5 Å². The minimum atomic E-state index is 0.453. The van der Waals surface area contributed by atoms with Crippen LogP contribution >= 0.6 is 23.4 Å². The summed E-state index contributed by atoms with van der Waals surface area (Å²) in [5.41, 5.74) is 6.19. The molecular weight excluding hydrogens is 258 g/mol. The fourth-order valence-corrected chi connectivity index (χ4v) is 1.80. The van der Waals surface area contributed by atoms with Gasteiger partial charge in [0, 0.05) is 11.8 Å². The monoisotopic (exact) mass is 267 g/mol. The Labute approximate surface area is 108 Å². The van der Waals surface area contributed by atoms with E-state index in [1.807, 2.05) is 6.26 Å². The van der Waals surface area contributed by atoms with Crippen molar-refractivity contribution in [3.63, 3.8) is 0 Å². The second-order valence-corrected chi connectivity index (χ2v) is 4.42. The molecule has 0 aliphatic heterocycles. The van der Waals surface area contributed by atoms with Crippen molar-refractivity contribution in [1.82, 2.24) is 9.97 Å². The number of hydrogen-bond donors (Lipinski definition) is 1. The molecule has 0 aliphatic carbocycles. The fourth-order valence-electron chi connectivity index (χ4n) is 1.20. The first-order valence-electron chi connectivity index (χ1n) is 4.78.